The van der Waals surface area contributed by atoms with Gasteiger partial charge < -0.3 is 19.7 Å². The first-order valence-corrected chi connectivity index (χ1v) is 12.2. The van der Waals surface area contributed by atoms with E-state index in [1.54, 1.807) is 13.8 Å². The van der Waals surface area contributed by atoms with Gasteiger partial charge >= 0.3 is 11.9 Å². The highest BCUT2D eigenvalue weighted by molar-refractivity contribution is 7.18. The van der Waals surface area contributed by atoms with E-state index >= 15 is 0 Å². The molecule has 9 heteroatoms. The Morgan fingerprint density at radius 2 is 1.85 bits per heavy atom. The first kappa shape index (κ1) is 25.4. The monoisotopic (exact) mass is 483 g/mol. The maximum Gasteiger partial charge on any atom is 0.349 e. The Bertz CT molecular complexity index is 1050. The number of carbonyl (C=O) groups excluding carboxylic acids is 3. The van der Waals surface area contributed by atoms with Crippen LogP contribution in [0.1, 0.15) is 57.3 Å². The Hall–Kier alpha value is -3.22. The number of piperidine rings is 1. The molecule has 8 nitrogen and oxygen atoms in total. The molecule has 0 unspecified atom stereocenters. The van der Waals surface area contributed by atoms with E-state index in [-0.39, 0.29) is 35.5 Å². The van der Waals surface area contributed by atoms with E-state index < -0.39 is 11.9 Å². The van der Waals surface area contributed by atoms with E-state index in [1.807, 2.05) is 30.3 Å². The van der Waals surface area contributed by atoms with E-state index in [1.165, 1.54) is 0 Å². The maximum absolute atomic E-state index is 13.0. The minimum atomic E-state index is -0.583. The van der Waals surface area contributed by atoms with Gasteiger partial charge in [0.25, 0.3) is 0 Å². The van der Waals surface area contributed by atoms with E-state index in [4.69, 9.17) is 14.7 Å². The van der Waals surface area contributed by atoms with Gasteiger partial charge in [-0.2, -0.15) is 5.26 Å². The molecule has 180 valence electrons. The summed E-state index contributed by atoms with van der Waals surface area (Å²) in [7, 11) is 0. The SMILES string of the molecule is CCOC(=O)c1c(NC(=O)C2CCN(CCC#N)CC2)sc(C(=O)OCc2ccccc2)c1C. The normalized spacial score (nSPS) is 14.3. The highest BCUT2D eigenvalue weighted by atomic mass is 32.1. The summed E-state index contributed by atoms with van der Waals surface area (Å²) in [6.07, 6.45) is 1.81. The summed E-state index contributed by atoms with van der Waals surface area (Å²) >= 11 is 1.03. The van der Waals surface area contributed by atoms with Gasteiger partial charge in [0.05, 0.1) is 18.2 Å². The molecule has 2 aromatic rings. The average molecular weight is 484 g/mol. The van der Waals surface area contributed by atoms with Gasteiger partial charge in [-0.1, -0.05) is 30.3 Å². The smallest absolute Gasteiger partial charge is 0.349 e. The van der Waals surface area contributed by atoms with Crippen molar-refractivity contribution in [2.75, 3.05) is 31.6 Å². The molecule has 1 aromatic carbocycles. The van der Waals surface area contributed by atoms with Gasteiger partial charge in [-0.15, -0.1) is 11.3 Å². The second-order valence-corrected chi connectivity index (χ2v) is 9.08. The zero-order valence-electron chi connectivity index (χ0n) is 19.5. The van der Waals surface area contributed by atoms with Gasteiger partial charge in [-0.3, -0.25) is 4.79 Å². The molecule has 1 aliphatic heterocycles. The van der Waals surface area contributed by atoms with Crippen LogP contribution < -0.4 is 5.32 Å². The molecule has 1 amide bonds. The number of benzene rings is 1. The lowest BCUT2D eigenvalue weighted by molar-refractivity contribution is -0.121. The summed E-state index contributed by atoms with van der Waals surface area (Å²) in [5.74, 6) is -1.52. The number of nitrogens with one attached hydrogen (secondary N) is 1. The molecule has 1 aliphatic rings. The predicted octanol–water partition coefficient (Wildman–Crippen LogP) is 4.15. The third-order valence-electron chi connectivity index (χ3n) is 5.76. The first-order chi connectivity index (χ1) is 16.4. The summed E-state index contributed by atoms with van der Waals surface area (Å²) < 4.78 is 10.6. The van der Waals surface area contributed by atoms with Crippen LogP contribution in [0.4, 0.5) is 5.00 Å². The largest absolute Gasteiger partial charge is 0.462 e. The van der Waals surface area contributed by atoms with Crippen LogP contribution in [-0.4, -0.2) is 49.0 Å². The number of rotatable bonds is 9. The standard InChI is InChI=1S/C25H29N3O5S/c1-3-32-24(30)20-17(2)21(25(31)33-16-18-8-5-4-6-9-18)34-23(20)27-22(29)19-10-14-28(15-11-19)13-7-12-26/h4-6,8-9,19H,3,7,10-11,13-16H2,1-2H3,(H,27,29). The number of ether oxygens (including phenoxy) is 2. The van der Waals surface area contributed by atoms with Crippen LogP contribution >= 0.6 is 11.3 Å². The fraction of sp³-hybridized carbons (Fsp3) is 0.440. The van der Waals surface area contributed by atoms with Crippen LogP contribution in [0.5, 0.6) is 0 Å². The second kappa shape index (κ2) is 12.3. The predicted molar refractivity (Wildman–Crippen MR) is 129 cm³/mol. The Labute approximate surface area is 203 Å². The average Bonchev–Trinajstić information content (AvgIpc) is 3.17. The van der Waals surface area contributed by atoms with Crippen molar-refractivity contribution in [1.29, 1.82) is 5.26 Å². The van der Waals surface area contributed by atoms with Crippen molar-refractivity contribution in [3.63, 3.8) is 0 Å². The molecule has 1 aromatic heterocycles. The van der Waals surface area contributed by atoms with Crippen LogP contribution in [-0.2, 0) is 20.9 Å². The van der Waals surface area contributed by atoms with Crippen LogP contribution in [0.2, 0.25) is 0 Å². The maximum atomic E-state index is 13.0. The minimum absolute atomic E-state index is 0.109. The fourth-order valence-electron chi connectivity index (χ4n) is 3.87. The molecule has 0 aliphatic carbocycles. The van der Waals surface area contributed by atoms with Crippen LogP contribution in [0.3, 0.4) is 0 Å². The molecule has 0 atom stereocenters. The van der Waals surface area contributed by atoms with Gasteiger partial charge in [-0.05, 0) is 50.9 Å². The van der Waals surface area contributed by atoms with Gasteiger partial charge in [0.15, 0.2) is 0 Å². The molecule has 1 fully saturated rings. The Morgan fingerprint density at radius 1 is 1.15 bits per heavy atom. The summed E-state index contributed by atoms with van der Waals surface area (Å²) in [4.78, 5) is 40.9. The van der Waals surface area contributed by atoms with Crippen molar-refractivity contribution in [2.45, 2.75) is 39.7 Å². The van der Waals surface area contributed by atoms with Gasteiger partial charge in [0, 0.05) is 18.9 Å². The molecule has 0 radical (unpaired) electrons. The molecular weight excluding hydrogens is 454 g/mol. The number of hydrogen-bond acceptors (Lipinski definition) is 8. The third kappa shape index (κ3) is 6.43. The summed E-state index contributed by atoms with van der Waals surface area (Å²) in [6, 6.07) is 11.5. The number of anilines is 1. The molecule has 0 spiro atoms. The van der Waals surface area contributed by atoms with Crippen LogP contribution in [0.25, 0.3) is 0 Å². The van der Waals surface area contributed by atoms with E-state index in [9.17, 15) is 14.4 Å². The summed E-state index contributed by atoms with van der Waals surface area (Å²) in [5, 5.41) is 11.9. The van der Waals surface area contributed by atoms with Crippen LogP contribution in [0, 0.1) is 24.2 Å². The van der Waals surface area contributed by atoms with E-state index in [0.717, 1.165) is 30.0 Å². The molecule has 1 saturated heterocycles. The van der Waals surface area contributed by atoms with Crippen molar-refractivity contribution in [2.24, 2.45) is 5.92 Å². The summed E-state index contributed by atoms with van der Waals surface area (Å²) in [6.45, 7) is 5.83. The molecule has 34 heavy (non-hydrogen) atoms. The Balaban J connectivity index is 1.72. The van der Waals surface area contributed by atoms with Crippen molar-refractivity contribution in [1.82, 2.24) is 4.90 Å². The number of likely N-dealkylation sites (tertiary alicyclic amines) is 1. The lowest BCUT2D eigenvalue weighted by Crippen LogP contribution is -2.38. The highest BCUT2D eigenvalue weighted by Gasteiger charge is 2.30. The number of thiophene rings is 1. The zero-order valence-corrected chi connectivity index (χ0v) is 20.3. The number of amides is 1. The number of hydrogen-bond donors (Lipinski definition) is 1. The van der Waals surface area contributed by atoms with Crippen LogP contribution in [0.15, 0.2) is 30.3 Å². The molecule has 3 rings (SSSR count). The molecule has 2 heterocycles. The Kier molecular flexibility index (Phi) is 9.19. The van der Waals surface area contributed by atoms with E-state index in [2.05, 4.69) is 16.3 Å². The molecule has 0 saturated carbocycles. The topological polar surface area (TPSA) is 109 Å². The van der Waals surface area contributed by atoms with Crippen molar-refractivity contribution < 1.29 is 23.9 Å². The minimum Gasteiger partial charge on any atom is -0.462 e. The lowest BCUT2D eigenvalue weighted by Gasteiger charge is -2.30. The third-order valence-corrected chi connectivity index (χ3v) is 6.95. The molecular formula is C25H29N3O5S. The molecule has 1 N–H and O–H groups in total. The Morgan fingerprint density at radius 3 is 2.50 bits per heavy atom. The molecule has 0 bridgehead atoms. The van der Waals surface area contributed by atoms with Gasteiger partial charge in [0.2, 0.25) is 5.91 Å². The second-order valence-electron chi connectivity index (χ2n) is 8.06. The summed E-state index contributed by atoms with van der Waals surface area (Å²) in [5.41, 5.74) is 1.48. The van der Waals surface area contributed by atoms with Gasteiger partial charge in [0.1, 0.15) is 16.5 Å². The zero-order chi connectivity index (χ0) is 24.5. The lowest BCUT2D eigenvalue weighted by atomic mass is 9.96. The van der Waals surface area contributed by atoms with Gasteiger partial charge in [-0.25, -0.2) is 9.59 Å². The van der Waals surface area contributed by atoms with Crippen molar-refractivity contribution in [3.8, 4) is 6.07 Å². The van der Waals surface area contributed by atoms with E-state index in [0.29, 0.717) is 36.4 Å². The van der Waals surface area contributed by atoms with Crippen molar-refractivity contribution >= 4 is 34.2 Å². The number of nitrogens with zero attached hydrogens (tertiary/aromatic N) is 2. The number of esters is 2. The number of carbonyl (C=O) groups is 3. The first-order valence-electron chi connectivity index (χ1n) is 11.4. The van der Waals surface area contributed by atoms with Crippen molar-refractivity contribution in [3.05, 3.63) is 51.9 Å². The quantitative estimate of drug-likeness (QED) is 0.534. The fourth-order valence-corrected chi connectivity index (χ4v) is 4.97. The number of nitriles is 1. The highest BCUT2D eigenvalue weighted by Crippen LogP contribution is 2.35.